The number of carboxylic acids is 1. The molecule has 4 heteroatoms. The van der Waals surface area contributed by atoms with Crippen molar-refractivity contribution < 1.29 is 14.6 Å². The maximum atomic E-state index is 11.7. The third kappa shape index (κ3) is 1.83. The Morgan fingerprint density at radius 1 is 1.30 bits per heavy atom. The average molecular weight is 271 g/mol. The van der Waals surface area contributed by atoms with Crippen molar-refractivity contribution >= 4 is 16.7 Å². The lowest BCUT2D eigenvalue weighted by atomic mass is 9.78. The Morgan fingerprint density at radius 3 is 2.70 bits per heavy atom. The van der Waals surface area contributed by atoms with Gasteiger partial charge in [-0.3, -0.25) is 4.79 Å². The van der Waals surface area contributed by atoms with E-state index in [1.54, 1.807) is 13.3 Å². The molecule has 1 aromatic carbocycles. The van der Waals surface area contributed by atoms with Gasteiger partial charge in [-0.1, -0.05) is 18.9 Å². The van der Waals surface area contributed by atoms with E-state index < -0.39 is 11.4 Å². The number of ether oxygens (including phenoxy) is 1. The second-order valence-corrected chi connectivity index (χ2v) is 5.35. The largest absolute Gasteiger partial charge is 0.481 e. The fourth-order valence-corrected chi connectivity index (χ4v) is 3.22. The molecular weight excluding hydrogens is 254 g/mol. The maximum absolute atomic E-state index is 11.7. The van der Waals surface area contributed by atoms with Gasteiger partial charge in [0.05, 0.1) is 12.5 Å². The van der Waals surface area contributed by atoms with Crippen LogP contribution in [0.25, 0.3) is 10.8 Å². The topological polar surface area (TPSA) is 59.4 Å². The molecule has 0 amide bonds. The quantitative estimate of drug-likeness (QED) is 0.931. The molecule has 0 spiro atoms. The molecule has 104 valence electrons. The van der Waals surface area contributed by atoms with Gasteiger partial charge < -0.3 is 9.84 Å². The van der Waals surface area contributed by atoms with Crippen molar-refractivity contribution in [1.29, 1.82) is 0 Å². The van der Waals surface area contributed by atoms with Gasteiger partial charge in [0.15, 0.2) is 0 Å². The SMILES string of the molecule is COc1nccc2cc(C3(C(=O)O)CCCC3)ccc12. The Morgan fingerprint density at radius 2 is 2.05 bits per heavy atom. The highest BCUT2D eigenvalue weighted by molar-refractivity contribution is 5.90. The number of nitrogens with zero attached hydrogens (tertiary/aromatic N) is 1. The van der Waals surface area contributed by atoms with Crippen LogP contribution in [0, 0.1) is 0 Å². The number of aromatic nitrogens is 1. The third-order valence-corrected chi connectivity index (χ3v) is 4.34. The first-order chi connectivity index (χ1) is 9.67. The van der Waals surface area contributed by atoms with Gasteiger partial charge in [-0.25, -0.2) is 4.98 Å². The summed E-state index contributed by atoms with van der Waals surface area (Å²) in [5.41, 5.74) is 0.174. The van der Waals surface area contributed by atoms with Crippen LogP contribution in [0.1, 0.15) is 31.2 Å². The zero-order valence-corrected chi connectivity index (χ0v) is 11.4. The first-order valence-corrected chi connectivity index (χ1v) is 6.84. The Hall–Kier alpha value is -2.10. The number of benzene rings is 1. The van der Waals surface area contributed by atoms with Crippen LogP contribution in [-0.2, 0) is 10.2 Å². The molecule has 4 nitrogen and oxygen atoms in total. The van der Waals surface area contributed by atoms with E-state index in [9.17, 15) is 9.90 Å². The number of hydrogen-bond donors (Lipinski definition) is 1. The van der Waals surface area contributed by atoms with Gasteiger partial charge in [0.2, 0.25) is 5.88 Å². The second-order valence-electron chi connectivity index (χ2n) is 5.35. The zero-order chi connectivity index (χ0) is 14.2. The maximum Gasteiger partial charge on any atom is 0.314 e. The Kier molecular flexibility index (Phi) is 3.08. The summed E-state index contributed by atoms with van der Waals surface area (Å²) in [5, 5.41) is 11.5. The molecule has 1 N–H and O–H groups in total. The number of carbonyl (C=O) groups is 1. The summed E-state index contributed by atoms with van der Waals surface area (Å²) in [6, 6.07) is 7.69. The summed E-state index contributed by atoms with van der Waals surface area (Å²) in [7, 11) is 1.59. The summed E-state index contributed by atoms with van der Waals surface area (Å²) in [5.74, 6) is -0.139. The second kappa shape index (κ2) is 4.78. The van der Waals surface area contributed by atoms with Gasteiger partial charge in [0, 0.05) is 11.6 Å². The first-order valence-electron chi connectivity index (χ1n) is 6.84. The molecule has 1 aliphatic rings. The van der Waals surface area contributed by atoms with E-state index >= 15 is 0 Å². The number of aliphatic carboxylic acids is 1. The van der Waals surface area contributed by atoms with Crippen LogP contribution in [0.15, 0.2) is 30.5 Å². The van der Waals surface area contributed by atoms with E-state index in [1.165, 1.54) is 0 Å². The number of rotatable bonds is 3. The molecule has 2 aromatic rings. The van der Waals surface area contributed by atoms with Crippen molar-refractivity contribution in [2.24, 2.45) is 0 Å². The minimum absolute atomic E-state index is 0.574. The molecule has 1 saturated carbocycles. The molecule has 1 aromatic heterocycles. The van der Waals surface area contributed by atoms with Gasteiger partial charge in [0.1, 0.15) is 0 Å². The van der Waals surface area contributed by atoms with Crippen molar-refractivity contribution in [2.45, 2.75) is 31.1 Å². The van der Waals surface area contributed by atoms with Crippen molar-refractivity contribution in [1.82, 2.24) is 4.98 Å². The van der Waals surface area contributed by atoms with E-state index in [-0.39, 0.29) is 0 Å². The van der Waals surface area contributed by atoms with Crippen LogP contribution in [0.5, 0.6) is 5.88 Å². The fourth-order valence-electron chi connectivity index (χ4n) is 3.22. The van der Waals surface area contributed by atoms with Gasteiger partial charge in [-0.15, -0.1) is 0 Å². The molecule has 0 unspecified atom stereocenters. The highest BCUT2D eigenvalue weighted by Crippen LogP contribution is 2.42. The molecular formula is C16H17NO3. The van der Waals surface area contributed by atoms with Crippen molar-refractivity contribution in [3.63, 3.8) is 0 Å². The molecule has 0 saturated heterocycles. The summed E-state index contributed by atoms with van der Waals surface area (Å²) in [6.45, 7) is 0. The lowest BCUT2D eigenvalue weighted by Gasteiger charge is -2.24. The van der Waals surface area contributed by atoms with Gasteiger partial charge >= 0.3 is 5.97 Å². The van der Waals surface area contributed by atoms with E-state index in [0.717, 1.165) is 42.0 Å². The standard InChI is InChI=1S/C16H17NO3/c1-20-14-13-5-4-12(10-11(13)6-9-17-14)16(15(18)19)7-2-3-8-16/h4-6,9-10H,2-3,7-8H2,1H3,(H,18,19). The first kappa shape index (κ1) is 12.9. The highest BCUT2D eigenvalue weighted by atomic mass is 16.5. The smallest absolute Gasteiger partial charge is 0.314 e. The predicted molar refractivity (Wildman–Crippen MR) is 76.1 cm³/mol. The van der Waals surface area contributed by atoms with Crippen LogP contribution in [0.4, 0.5) is 0 Å². The molecule has 20 heavy (non-hydrogen) atoms. The molecule has 1 fully saturated rings. The average Bonchev–Trinajstić information content (AvgIpc) is 2.97. The minimum atomic E-state index is -0.718. The number of pyridine rings is 1. The fraction of sp³-hybridized carbons (Fsp3) is 0.375. The lowest BCUT2D eigenvalue weighted by Crippen LogP contribution is -2.32. The highest BCUT2D eigenvalue weighted by Gasteiger charge is 2.42. The molecule has 0 aliphatic heterocycles. The Balaban J connectivity index is 2.16. The van der Waals surface area contributed by atoms with Gasteiger partial charge in [0.25, 0.3) is 0 Å². The van der Waals surface area contributed by atoms with E-state index in [1.807, 2.05) is 24.3 Å². The number of carboxylic acid groups (broad SMARTS) is 1. The molecule has 0 atom stereocenters. The Bertz CT molecular complexity index is 660. The normalized spacial score (nSPS) is 17.2. The van der Waals surface area contributed by atoms with Crippen molar-refractivity contribution in [3.05, 3.63) is 36.0 Å². The lowest BCUT2D eigenvalue weighted by molar-refractivity contribution is -0.143. The monoisotopic (exact) mass is 271 g/mol. The van der Waals surface area contributed by atoms with Crippen molar-refractivity contribution in [2.75, 3.05) is 7.11 Å². The number of fused-ring (bicyclic) bond motifs is 1. The number of methoxy groups -OCH3 is 1. The molecule has 0 bridgehead atoms. The third-order valence-electron chi connectivity index (χ3n) is 4.34. The van der Waals surface area contributed by atoms with Gasteiger partial charge in [-0.05, 0) is 42.0 Å². The van der Waals surface area contributed by atoms with Crippen molar-refractivity contribution in [3.8, 4) is 5.88 Å². The molecule has 0 radical (unpaired) electrons. The van der Waals surface area contributed by atoms with E-state index in [4.69, 9.17) is 4.74 Å². The van der Waals surface area contributed by atoms with Crippen LogP contribution in [-0.4, -0.2) is 23.2 Å². The summed E-state index contributed by atoms with van der Waals surface area (Å²) >= 11 is 0. The van der Waals surface area contributed by atoms with E-state index in [2.05, 4.69) is 4.98 Å². The molecule has 3 rings (SSSR count). The molecule has 1 aliphatic carbocycles. The summed E-state index contributed by atoms with van der Waals surface area (Å²) in [4.78, 5) is 15.9. The summed E-state index contributed by atoms with van der Waals surface area (Å²) in [6.07, 6.45) is 5.08. The van der Waals surface area contributed by atoms with Crippen LogP contribution in [0.3, 0.4) is 0 Å². The zero-order valence-electron chi connectivity index (χ0n) is 11.4. The van der Waals surface area contributed by atoms with Gasteiger partial charge in [-0.2, -0.15) is 0 Å². The van der Waals surface area contributed by atoms with Crippen LogP contribution < -0.4 is 4.74 Å². The predicted octanol–water partition coefficient (Wildman–Crippen LogP) is 3.14. The Labute approximate surface area is 117 Å². The number of hydrogen-bond acceptors (Lipinski definition) is 3. The minimum Gasteiger partial charge on any atom is -0.481 e. The van der Waals surface area contributed by atoms with Crippen LogP contribution >= 0.6 is 0 Å². The van der Waals surface area contributed by atoms with Crippen LogP contribution in [0.2, 0.25) is 0 Å². The van der Waals surface area contributed by atoms with E-state index in [0.29, 0.717) is 5.88 Å². The molecule has 1 heterocycles. The summed E-state index contributed by atoms with van der Waals surface area (Å²) < 4.78 is 5.24.